The summed E-state index contributed by atoms with van der Waals surface area (Å²) in [5.41, 5.74) is 0. The number of nitrogens with one attached hydrogen (secondary N) is 2. The van der Waals surface area contributed by atoms with Gasteiger partial charge in [-0.2, -0.15) is 0 Å². The molecule has 0 aromatic carbocycles. The fourth-order valence-corrected chi connectivity index (χ4v) is 3.77. The van der Waals surface area contributed by atoms with Crippen molar-refractivity contribution in [1.29, 1.82) is 0 Å². The fourth-order valence-electron chi connectivity index (χ4n) is 2.42. The molecule has 4 amide bonds. The van der Waals surface area contributed by atoms with Crippen LogP contribution in [0.2, 0.25) is 0 Å². The Kier molecular flexibility index (Phi) is 30.3. The van der Waals surface area contributed by atoms with Crippen molar-refractivity contribution in [3.05, 3.63) is 0 Å². The molecule has 0 aliphatic carbocycles. The van der Waals surface area contributed by atoms with E-state index in [-0.39, 0.29) is 131 Å². The third-order valence-electron chi connectivity index (χ3n) is 4.06. The molecule has 2 aliphatic rings. The quantitative estimate of drug-likeness (QED) is 0.105. The number of carbonyl (C=O) groups excluding carboxylic acids is 6. The molecule has 16 nitrogen and oxygen atoms in total. The van der Waals surface area contributed by atoms with Gasteiger partial charge in [0.1, 0.15) is 30.7 Å². The van der Waals surface area contributed by atoms with Crippen LogP contribution in [0.5, 0.6) is 0 Å². The summed E-state index contributed by atoms with van der Waals surface area (Å²) in [7, 11) is -9.34. The Morgan fingerprint density at radius 1 is 0.632 bits per heavy atom. The zero-order valence-corrected chi connectivity index (χ0v) is 31.0. The maximum atomic E-state index is 10.5. The van der Waals surface area contributed by atoms with Gasteiger partial charge in [0.2, 0.25) is 23.6 Å². The third kappa shape index (κ3) is 22.7. The molecule has 22 heteroatoms. The first-order chi connectivity index (χ1) is 15.4. The number of aliphatic carboxylic acids is 2. The van der Waals surface area contributed by atoms with E-state index in [0.717, 1.165) is 12.8 Å². The van der Waals surface area contributed by atoms with E-state index in [0.29, 0.717) is 12.8 Å². The molecule has 0 radical (unpaired) electrons. The van der Waals surface area contributed by atoms with Gasteiger partial charge in [0.15, 0.2) is 0 Å². The van der Waals surface area contributed by atoms with Crippen LogP contribution < -0.4 is 139 Å². The van der Waals surface area contributed by atoms with Gasteiger partial charge in [-0.3, -0.25) is 29.8 Å². The Morgan fingerprint density at radius 2 is 0.895 bits per heavy atom. The zero-order valence-electron chi connectivity index (χ0n) is 21.3. The Labute approximate surface area is 307 Å². The van der Waals surface area contributed by atoms with Gasteiger partial charge in [0.25, 0.3) is 0 Å². The zero-order chi connectivity index (χ0) is 26.7. The van der Waals surface area contributed by atoms with Crippen LogP contribution in [0.3, 0.4) is 0 Å². The topological polar surface area (TPSA) is 287 Å². The second-order valence-corrected chi connectivity index (χ2v) is 9.96. The predicted octanol–water partition coefficient (Wildman–Crippen LogP) is -17.3. The van der Waals surface area contributed by atoms with E-state index in [4.69, 9.17) is 0 Å². The summed E-state index contributed by atoms with van der Waals surface area (Å²) < 4.78 is 61.3. The van der Waals surface area contributed by atoms with Crippen LogP contribution in [0.25, 0.3) is 0 Å². The van der Waals surface area contributed by atoms with Crippen molar-refractivity contribution in [2.24, 2.45) is 0 Å². The Morgan fingerprint density at radius 3 is 1.03 bits per heavy atom. The van der Waals surface area contributed by atoms with Gasteiger partial charge in [-0.1, -0.05) is 12.8 Å². The number of rotatable bonds is 9. The van der Waals surface area contributed by atoms with Crippen LogP contribution in [0.15, 0.2) is 0 Å². The number of hydrogen-bond donors (Lipinski definition) is 2. The van der Waals surface area contributed by atoms with Gasteiger partial charge in [-0.05, 0) is 25.7 Å². The third-order valence-corrected chi connectivity index (χ3v) is 6.22. The summed E-state index contributed by atoms with van der Waals surface area (Å²) in [6.45, 7) is 0. The first-order valence-electron chi connectivity index (χ1n) is 9.41. The molecular formula is C16H20N2Na4O14S2. The first kappa shape index (κ1) is 48.8. The van der Waals surface area contributed by atoms with Gasteiger partial charge < -0.3 is 28.9 Å². The Balaban J connectivity index is -0.000000136. The molecule has 2 unspecified atom stereocenters. The normalized spacial score (nSPS) is 17.7. The Bertz CT molecular complexity index is 955. The number of hydrogen-bond acceptors (Lipinski definition) is 14. The van der Waals surface area contributed by atoms with Crippen LogP contribution >= 0.6 is 0 Å². The van der Waals surface area contributed by atoms with Gasteiger partial charge in [0, 0.05) is 11.9 Å². The van der Waals surface area contributed by atoms with E-state index in [1.807, 2.05) is 0 Å². The van der Waals surface area contributed by atoms with E-state index in [2.05, 4.69) is 0 Å². The molecule has 0 aromatic heterocycles. The number of amides is 4. The second kappa shape index (κ2) is 23.6. The standard InChI is InChI=1S/C8H14O4.2C4H5NO5S.4Na/c9-7(10)5-3-1-2-4-6-8(11)12;2*6-3-1-2(4(7)5-3)11(8,9)10;;;;/h1-6H2,(H,9,10)(H,11,12);2*2H,1H2,(H,5,6,7)(H,8,9,10);;;;/q;;;4*+1/p-4. The summed E-state index contributed by atoms with van der Waals surface area (Å²) in [5.74, 6) is -5.58. The van der Waals surface area contributed by atoms with Crippen molar-refractivity contribution < 1.29 is 183 Å². The van der Waals surface area contributed by atoms with Crippen molar-refractivity contribution >= 4 is 55.8 Å². The summed E-state index contributed by atoms with van der Waals surface area (Å²) >= 11 is 0. The average molecular weight is 620 g/mol. The summed E-state index contributed by atoms with van der Waals surface area (Å²) in [6, 6.07) is 0. The largest absolute Gasteiger partial charge is 1.00 e. The van der Waals surface area contributed by atoms with Gasteiger partial charge >= 0.3 is 118 Å². The molecule has 2 fully saturated rings. The smallest absolute Gasteiger partial charge is 0.747 e. The van der Waals surface area contributed by atoms with E-state index in [1.54, 1.807) is 10.6 Å². The van der Waals surface area contributed by atoms with Gasteiger partial charge in [0.05, 0.1) is 12.8 Å². The second-order valence-electron chi connectivity index (χ2n) is 6.85. The molecule has 2 atom stereocenters. The minimum absolute atomic E-state index is 0. The molecule has 0 aromatic rings. The van der Waals surface area contributed by atoms with Gasteiger partial charge in [-0.25, -0.2) is 16.8 Å². The van der Waals surface area contributed by atoms with Crippen LogP contribution in [-0.4, -0.2) is 72.0 Å². The molecule has 0 bridgehead atoms. The van der Waals surface area contributed by atoms with Gasteiger partial charge in [-0.15, -0.1) is 0 Å². The van der Waals surface area contributed by atoms with E-state index in [1.165, 1.54) is 0 Å². The molecule has 2 heterocycles. The van der Waals surface area contributed by atoms with Crippen LogP contribution in [-0.2, 0) is 49.0 Å². The van der Waals surface area contributed by atoms with Crippen LogP contribution in [0.4, 0.5) is 0 Å². The maximum Gasteiger partial charge on any atom is 1.00 e. The van der Waals surface area contributed by atoms with Crippen molar-refractivity contribution in [2.45, 2.75) is 61.9 Å². The maximum absolute atomic E-state index is 10.5. The minimum Gasteiger partial charge on any atom is -0.747 e. The van der Waals surface area contributed by atoms with E-state index in [9.17, 15) is 64.9 Å². The van der Waals surface area contributed by atoms with Crippen molar-refractivity contribution in [3.8, 4) is 0 Å². The molecule has 2 rings (SSSR count). The monoisotopic (exact) mass is 620 g/mol. The number of carbonyl (C=O) groups is 6. The number of carboxylic acids is 2. The van der Waals surface area contributed by atoms with Crippen molar-refractivity contribution in [3.63, 3.8) is 0 Å². The molecule has 0 saturated carbocycles. The van der Waals surface area contributed by atoms with E-state index >= 15 is 0 Å². The summed E-state index contributed by atoms with van der Waals surface area (Å²) in [5, 5.41) is 19.8. The molecule has 2 saturated heterocycles. The number of carboxylic acid groups (broad SMARTS) is 2. The SMILES string of the molecule is O=C([O-])CCCCCCC(=O)[O-].O=C1CC(S(=O)(=O)[O-])C(=O)N1.O=C1CC(S(=O)(=O)[O-])C(=O)N1.[Na+].[Na+].[Na+].[Na+]. The van der Waals surface area contributed by atoms with Crippen molar-refractivity contribution in [1.82, 2.24) is 10.6 Å². The fraction of sp³-hybridized carbons (Fsp3) is 0.625. The number of unbranched alkanes of at least 4 members (excludes halogenated alkanes) is 3. The summed E-state index contributed by atoms with van der Waals surface area (Å²) in [4.78, 5) is 61.6. The van der Waals surface area contributed by atoms with E-state index < -0.39 is 79.1 Å². The molecule has 2 aliphatic heterocycles. The molecule has 2 N–H and O–H groups in total. The number of imide groups is 2. The predicted molar refractivity (Wildman–Crippen MR) is 100 cm³/mol. The molecular weight excluding hydrogens is 600 g/mol. The first-order valence-corrected chi connectivity index (χ1v) is 12.4. The van der Waals surface area contributed by atoms with Crippen LogP contribution in [0, 0.1) is 0 Å². The molecule has 0 spiro atoms. The minimum atomic E-state index is -4.67. The summed E-state index contributed by atoms with van der Waals surface area (Å²) in [6.07, 6.45) is 1.62. The van der Waals surface area contributed by atoms with Crippen LogP contribution in [0.1, 0.15) is 51.4 Å². The molecule has 194 valence electrons. The average Bonchev–Trinajstić information content (AvgIpc) is 3.18. The molecule has 38 heavy (non-hydrogen) atoms. The Hall–Kier alpha value is 1.04. The van der Waals surface area contributed by atoms with Crippen molar-refractivity contribution in [2.75, 3.05) is 0 Å².